The predicted octanol–water partition coefficient (Wildman–Crippen LogP) is 4.41. The maximum absolute atomic E-state index is 11.8. The van der Waals surface area contributed by atoms with Gasteiger partial charge in [0, 0.05) is 10.7 Å². The van der Waals surface area contributed by atoms with Gasteiger partial charge in [-0.05, 0) is 36.8 Å². The molecule has 7 heteroatoms. The Bertz CT molecular complexity index is 800. The van der Waals surface area contributed by atoms with Crippen LogP contribution in [0.3, 0.4) is 0 Å². The van der Waals surface area contributed by atoms with E-state index in [1.54, 1.807) is 12.1 Å². The van der Waals surface area contributed by atoms with Gasteiger partial charge in [0.05, 0.1) is 10.2 Å². The fourth-order valence-corrected chi connectivity index (χ4v) is 2.87. The van der Waals surface area contributed by atoms with Crippen molar-refractivity contribution in [2.45, 2.75) is 6.92 Å². The van der Waals surface area contributed by atoms with Crippen LogP contribution in [-0.2, 0) is 0 Å². The van der Waals surface area contributed by atoms with Crippen molar-refractivity contribution in [2.75, 3.05) is 10.7 Å². The lowest BCUT2D eigenvalue weighted by Crippen LogP contribution is -2.33. The highest BCUT2D eigenvalue weighted by atomic mass is 35.5. The molecule has 0 saturated carbocycles. The van der Waals surface area contributed by atoms with Crippen molar-refractivity contribution < 1.29 is 4.79 Å². The molecule has 0 atom stereocenters. The van der Waals surface area contributed by atoms with Gasteiger partial charge < -0.3 is 5.32 Å². The van der Waals surface area contributed by atoms with Crippen LogP contribution in [-0.4, -0.2) is 11.0 Å². The average molecular weight is 333 g/mol. The van der Waals surface area contributed by atoms with Crippen LogP contribution in [0.4, 0.5) is 15.6 Å². The molecule has 0 aliphatic carbocycles. The van der Waals surface area contributed by atoms with Gasteiger partial charge in [0.15, 0.2) is 0 Å². The molecule has 5 nitrogen and oxygen atoms in total. The van der Waals surface area contributed by atoms with Gasteiger partial charge in [-0.15, -0.1) is 0 Å². The summed E-state index contributed by atoms with van der Waals surface area (Å²) in [5, 5.41) is 3.93. The zero-order valence-electron chi connectivity index (χ0n) is 11.7. The van der Waals surface area contributed by atoms with Crippen molar-refractivity contribution >= 4 is 50.0 Å². The molecule has 3 aromatic rings. The summed E-state index contributed by atoms with van der Waals surface area (Å²) in [7, 11) is 0. The average Bonchev–Trinajstić information content (AvgIpc) is 2.92. The minimum Gasteiger partial charge on any atom is -0.307 e. The number of hydrogen-bond donors (Lipinski definition) is 3. The van der Waals surface area contributed by atoms with Gasteiger partial charge in [0.1, 0.15) is 0 Å². The van der Waals surface area contributed by atoms with Crippen molar-refractivity contribution in [3.8, 4) is 0 Å². The van der Waals surface area contributed by atoms with Gasteiger partial charge in [-0.25, -0.2) is 15.2 Å². The maximum atomic E-state index is 11.8. The van der Waals surface area contributed by atoms with E-state index in [4.69, 9.17) is 11.6 Å². The van der Waals surface area contributed by atoms with Crippen molar-refractivity contribution in [3.05, 3.63) is 53.1 Å². The minimum atomic E-state index is -0.390. The molecular formula is C15H13ClN4OS. The Morgan fingerprint density at radius 1 is 1.23 bits per heavy atom. The smallest absolute Gasteiger partial charge is 0.307 e. The molecule has 0 spiro atoms. The normalized spacial score (nSPS) is 10.5. The number of halogens is 1. The van der Waals surface area contributed by atoms with E-state index in [1.165, 1.54) is 11.3 Å². The SMILES string of the molecule is Cc1ccc(NC(=O)NNc2nc3ccccc3s2)cc1Cl. The molecule has 22 heavy (non-hydrogen) atoms. The van der Waals surface area contributed by atoms with Gasteiger partial charge in [0.2, 0.25) is 5.13 Å². The van der Waals surface area contributed by atoms with Crippen molar-refractivity contribution in [2.24, 2.45) is 0 Å². The number of hydrogen-bond acceptors (Lipinski definition) is 4. The van der Waals surface area contributed by atoms with Gasteiger partial charge in [-0.1, -0.05) is 41.1 Å². The summed E-state index contributed by atoms with van der Waals surface area (Å²) in [6.07, 6.45) is 0. The summed E-state index contributed by atoms with van der Waals surface area (Å²) in [6.45, 7) is 1.90. The molecule has 0 unspecified atom stereocenters. The number of para-hydroxylation sites is 1. The number of amides is 2. The van der Waals surface area contributed by atoms with Crippen LogP contribution >= 0.6 is 22.9 Å². The summed E-state index contributed by atoms with van der Waals surface area (Å²) >= 11 is 7.48. The third-order valence-corrected chi connectivity index (χ3v) is 4.37. The Balaban J connectivity index is 1.60. The highest BCUT2D eigenvalue weighted by Gasteiger charge is 2.06. The number of carbonyl (C=O) groups is 1. The number of aryl methyl sites for hydroxylation is 1. The molecule has 1 aromatic heterocycles. The van der Waals surface area contributed by atoms with E-state index >= 15 is 0 Å². The number of rotatable bonds is 3. The molecule has 2 aromatic carbocycles. The van der Waals surface area contributed by atoms with Crippen LogP contribution < -0.4 is 16.2 Å². The van der Waals surface area contributed by atoms with Gasteiger partial charge in [-0.3, -0.25) is 5.43 Å². The van der Waals surface area contributed by atoms with E-state index in [1.807, 2.05) is 37.3 Å². The summed E-state index contributed by atoms with van der Waals surface area (Å²) in [5.74, 6) is 0. The Hall–Kier alpha value is -2.31. The standard InChI is InChI=1S/C15H13ClN4OS/c1-9-6-7-10(8-11(9)16)17-14(21)19-20-15-18-12-4-2-3-5-13(12)22-15/h2-8H,1H3,(H,18,20)(H2,17,19,21). The first-order valence-corrected chi connectivity index (χ1v) is 7.76. The molecule has 0 radical (unpaired) electrons. The quantitative estimate of drug-likeness (QED) is 0.622. The minimum absolute atomic E-state index is 0.390. The molecule has 0 saturated heterocycles. The van der Waals surface area contributed by atoms with Crippen molar-refractivity contribution in [1.82, 2.24) is 10.4 Å². The Kier molecular flexibility index (Phi) is 4.13. The summed E-state index contributed by atoms with van der Waals surface area (Å²) in [4.78, 5) is 16.2. The molecule has 0 fully saturated rings. The molecule has 112 valence electrons. The van der Waals surface area contributed by atoms with E-state index in [0.29, 0.717) is 15.8 Å². The van der Waals surface area contributed by atoms with Crippen molar-refractivity contribution in [1.29, 1.82) is 0 Å². The summed E-state index contributed by atoms with van der Waals surface area (Å²) < 4.78 is 1.05. The van der Waals surface area contributed by atoms with Gasteiger partial charge >= 0.3 is 6.03 Å². The molecule has 0 aliphatic heterocycles. The first-order valence-electron chi connectivity index (χ1n) is 6.56. The zero-order chi connectivity index (χ0) is 15.5. The van der Waals surface area contributed by atoms with Crippen LogP contribution in [0.25, 0.3) is 10.2 Å². The molecule has 0 aliphatic rings. The second-order valence-electron chi connectivity index (χ2n) is 4.65. The molecule has 3 N–H and O–H groups in total. The third-order valence-electron chi connectivity index (χ3n) is 3.01. The van der Waals surface area contributed by atoms with Crippen LogP contribution in [0.15, 0.2) is 42.5 Å². The second kappa shape index (κ2) is 6.21. The fourth-order valence-electron chi connectivity index (χ4n) is 1.87. The Morgan fingerprint density at radius 2 is 2.05 bits per heavy atom. The van der Waals surface area contributed by atoms with Crippen LogP contribution in [0.2, 0.25) is 5.02 Å². The largest absolute Gasteiger partial charge is 0.337 e. The van der Waals surface area contributed by atoms with Crippen LogP contribution in [0.1, 0.15) is 5.56 Å². The Morgan fingerprint density at radius 3 is 2.82 bits per heavy atom. The third kappa shape index (κ3) is 3.29. The highest BCUT2D eigenvalue weighted by molar-refractivity contribution is 7.22. The van der Waals surface area contributed by atoms with Crippen molar-refractivity contribution in [3.63, 3.8) is 0 Å². The predicted molar refractivity (Wildman–Crippen MR) is 91.6 cm³/mol. The number of aromatic nitrogens is 1. The number of nitrogens with zero attached hydrogens (tertiary/aromatic N) is 1. The van der Waals surface area contributed by atoms with E-state index in [-0.39, 0.29) is 6.03 Å². The van der Waals surface area contributed by atoms with Gasteiger partial charge in [-0.2, -0.15) is 0 Å². The number of anilines is 2. The Labute approximate surface area is 136 Å². The topological polar surface area (TPSA) is 66.1 Å². The number of nitrogens with one attached hydrogen (secondary N) is 3. The van der Waals surface area contributed by atoms with E-state index in [0.717, 1.165) is 15.8 Å². The van der Waals surface area contributed by atoms with E-state index in [9.17, 15) is 4.79 Å². The first-order chi connectivity index (χ1) is 10.6. The number of benzene rings is 2. The summed E-state index contributed by atoms with van der Waals surface area (Å²) in [5.41, 5.74) is 7.81. The fraction of sp³-hybridized carbons (Fsp3) is 0.0667. The number of hydrazine groups is 1. The molecule has 2 amide bonds. The molecule has 1 heterocycles. The second-order valence-corrected chi connectivity index (χ2v) is 6.09. The number of fused-ring (bicyclic) bond motifs is 1. The lowest BCUT2D eigenvalue weighted by Gasteiger charge is -2.08. The molecular weight excluding hydrogens is 320 g/mol. The highest BCUT2D eigenvalue weighted by Crippen LogP contribution is 2.24. The lowest BCUT2D eigenvalue weighted by molar-refractivity contribution is 0.254. The lowest BCUT2D eigenvalue weighted by atomic mass is 10.2. The van der Waals surface area contributed by atoms with E-state index in [2.05, 4.69) is 21.2 Å². The number of urea groups is 1. The molecule has 0 bridgehead atoms. The monoisotopic (exact) mass is 332 g/mol. The number of carbonyl (C=O) groups excluding carboxylic acids is 1. The number of thiazole rings is 1. The summed E-state index contributed by atoms with van der Waals surface area (Å²) in [6, 6.07) is 12.7. The van der Waals surface area contributed by atoms with Crippen LogP contribution in [0.5, 0.6) is 0 Å². The van der Waals surface area contributed by atoms with Gasteiger partial charge in [0.25, 0.3) is 0 Å². The van der Waals surface area contributed by atoms with E-state index < -0.39 is 0 Å². The molecule has 3 rings (SSSR count). The zero-order valence-corrected chi connectivity index (χ0v) is 13.3. The first kappa shape index (κ1) is 14.6. The maximum Gasteiger partial charge on any atom is 0.337 e. The van der Waals surface area contributed by atoms with Crippen LogP contribution in [0, 0.1) is 6.92 Å².